The zero-order valence-electron chi connectivity index (χ0n) is 27.3. The number of carbonyl (C=O) groups excluding carboxylic acids is 4. The van der Waals surface area contributed by atoms with E-state index in [2.05, 4.69) is 10.6 Å². The number of nitro groups is 1. The van der Waals surface area contributed by atoms with Crippen molar-refractivity contribution in [3.63, 3.8) is 0 Å². The van der Waals surface area contributed by atoms with Crippen molar-refractivity contribution in [1.29, 1.82) is 0 Å². The molecule has 2 aromatic carbocycles. The predicted molar refractivity (Wildman–Crippen MR) is 199 cm³/mol. The third-order valence-electron chi connectivity index (χ3n) is 8.04. The van der Waals surface area contributed by atoms with Gasteiger partial charge in [-0.3, -0.25) is 30.3 Å². The Morgan fingerprint density at radius 3 is 1.67 bits per heavy atom. The molecule has 0 unspecified atom stereocenters. The minimum Gasteiger partial charge on any atom is -0.449 e. The maximum atomic E-state index is 12.0. The highest BCUT2D eigenvalue weighted by Crippen LogP contribution is 2.33. The molecule has 270 valence electrons. The number of nitrogen functional groups attached to an aromatic ring is 1. The van der Waals surface area contributed by atoms with Crippen molar-refractivity contribution >= 4 is 69.4 Å². The predicted octanol–water partition coefficient (Wildman–Crippen LogP) is 7.01. The number of nitrogens with one attached hydrogen (secondary N) is 2. The van der Waals surface area contributed by atoms with Crippen LogP contribution in [0.5, 0.6) is 0 Å². The number of carbonyl (C=O) groups is 4. The molecule has 4 N–H and O–H groups in total. The van der Waals surface area contributed by atoms with Gasteiger partial charge in [0.1, 0.15) is 5.69 Å². The van der Waals surface area contributed by atoms with E-state index in [0.717, 1.165) is 20.9 Å². The number of ether oxygens (including phenoxy) is 2. The highest BCUT2D eigenvalue weighted by atomic mass is 32.1. The van der Waals surface area contributed by atoms with E-state index in [0.29, 0.717) is 44.2 Å². The second-order valence-corrected chi connectivity index (χ2v) is 13.7. The van der Waals surface area contributed by atoms with Crippen LogP contribution < -0.4 is 16.4 Å². The van der Waals surface area contributed by atoms with Crippen molar-refractivity contribution < 1.29 is 33.6 Å². The molecule has 2 aromatic heterocycles. The molecular weight excluding hydrogens is 697 g/mol. The summed E-state index contributed by atoms with van der Waals surface area (Å²) in [5.41, 5.74) is 8.60. The fourth-order valence-electron chi connectivity index (χ4n) is 5.20. The van der Waals surface area contributed by atoms with Crippen LogP contribution in [0.4, 0.5) is 32.3 Å². The van der Waals surface area contributed by atoms with Gasteiger partial charge in [-0.2, -0.15) is 0 Å². The zero-order chi connectivity index (χ0) is 35.8. The molecule has 0 spiro atoms. The molecule has 0 saturated carbocycles. The molecule has 0 radical (unpaired) electrons. The Kier molecular flexibility index (Phi) is 13.1. The number of hydrogen-bond donors (Lipinski definition) is 3. The molecule has 4 heterocycles. The number of nitro benzene ring substituents is 1. The van der Waals surface area contributed by atoms with Crippen LogP contribution in [0.2, 0.25) is 0 Å². The van der Waals surface area contributed by atoms with E-state index in [-0.39, 0.29) is 49.1 Å². The molecule has 2 saturated heterocycles. The second kappa shape index (κ2) is 17.4. The first-order chi connectivity index (χ1) is 24.0. The minimum atomic E-state index is -0.752. The van der Waals surface area contributed by atoms with Crippen molar-refractivity contribution in [2.75, 3.05) is 55.8 Å². The Labute approximate surface area is 303 Å². The van der Waals surface area contributed by atoms with Gasteiger partial charge in [0, 0.05) is 67.7 Å². The van der Waals surface area contributed by atoms with Crippen LogP contribution in [-0.4, -0.2) is 78.1 Å². The SMILES string of the molecule is C.CC(=O)N1CC(COC(=O)Nc2cc(-c3cccs3)ccc2N)C1.CC(=O)N1CC(COC(=O)Nc2cc(-c3cccs3)ccc2[N+](=O)[O-])C1. The van der Waals surface area contributed by atoms with Gasteiger partial charge >= 0.3 is 12.2 Å². The molecule has 4 amide bonds. The summed E-state index contributed by atoms with van der Waals surface area (Å²) >= 11 is 3.12. The average Bonchev–Trinajstić information content (AvgIpc) is 3.76. The minimum absolute atomic E-state index is 0. The number of amides is 4. The molecule has 2 aliphatic rings. The van der Waals surface area contributed by atoms with Crippen LogP contribution in [-0.2, 0) is 19.1 Å². The molecule has 0 aliphatic carbocycles. The largest absolute Gasteiger partial charge is 0.449 e. The molecule has 2 aliphatic heterocycles. The first-order valence-corrected chi connectivity index (χ1v) is 17.4. The number of hydrogen-bond acceptors (Lipinski definition) is 11. The van der Waals surface area contributed by atoms with Crippen molar-refractivity contribution in [2.24, 2.45) is 11.8 Å². The number of rotatable bonds is 9. The number of nitrogens with two attached hydrogens (primary N) is 1. The van der Waals surface area contributed by atoms with Crippen molar-refractivity contribution in [3.8, 4) is 20.9 Å². The Bertz CT molecular complexity index is 1840. The van der Waals surface area contributed by atoms with Gasteiger partial charge in [-0.25, -0.2) is 9.59 Å². The lowest BCUT2D eigenvalue weighted by molar-refractivity contribution is -0.383. The van der Waals surface area contributed by atoms with Crippen LogP contribution in [0.1, 0.15) is 21.3 Å². The summed E-state index contributed by atoms with van der Waals surface area (Å²) in [6, 6.07) is 17.8. The third-order valence-corrected chi connectivity index (χ3v) is 9.87. The molecular formula is C35H40N6O8S2. The topological polar surface area (TPSA) is 186 Å². The van der Waals surface area contributed by atoms with Gasteiger partial charge in [0.15, 0.2) is 0 Å². The van der Waals surface area contributed by atoms with E-state index < -0.39 is 17.1 Å². The first-order valence-electron chi connectivity index (χ1n) is 15.6. The summed E-state index contributed by atoms with van der Waals surface area (Å²) in [6.07, 6.45) is -1.29. The maximum Gasteiger partial charge on any atom is 0.411 e. The first kappa shape index (κ1) is 38.3. The molecule has 0 bridgehead atoms. The Morgan fingerprint density at radius 1 is 0.784 bits per heavy atom. The van der Waals surface area contributed by atoms with Gasteiger partial charge in [-0.15, -0.1) is 22.7 Å². The van der Waals surface area contributed by atoms with Gasteiger partial charge in [0.05, 0.1) is 29.5 Å². The summed E-state index contributed by atoms with van der Waals surface area (Å²) in [5.74, 6) is 0.340. The van der Waals surface area contributed by atoms with Crippen molar-refractivity contribution in [1.82, 2.24) is 9.80 Å². The van der Waals surface area contributed by atoms with Crippen LogP contribution >= 0.6 is 22.7 Å². The second-order valence-electron chi connectivity index (χ2n) is 11.8. The van der Waals surface area contributed by atoms with Crippen LogP contribution in [0, 0.1) is 22.0 Å². The highest BCUT2D eigenvalue weighted by molar-refractivity contribution is 7.13. The van der Waals surface area contributed by atoms with Gasteiger partial charge in [0.2, 0.25) is 11.8 Å². The zero-order valence-corrected chi connectivity index (χ0v) is 29.0. The average molecular weight is 737 g/mol. The number of anilines is 3. The van der Waals surface area contributed by atoms with Gasteiger partial charge in [0.25, 0.3) is 5.69 Å². The van der Waals surface area contributed by atoms with Crippen LogP contribution in [0.25, 0.3) is 20.9 Å². The summed E-state index contributed by atoms with van der Waals surface area (Å²) in [6.45, 7) is 5.86. The van der Waals surface area contributed by atoms with Gasteiger partial charge in [-0.1, -0.05) is 25.6 Å². The van der Waals surface area contributed by atoms with Gasteiger partial charge in [-0.05, 0) is 58.3 Å². The lowest BCUT2D eigenvalue weighted by atomic mass is 10.0. The van der Waals surface area contributed by atoms with E-state index in [9.17, 15) is 29.3 Å². The van der Waals surface area contributed by atoms with Crippen LogP contribution in [0.3, 0.4) is 0 Å². The van der Waals surface area contributed by atoms with Crippen molar-refractivity contribution in [2.45, 2.75) is 21.3 Å². The van der Waals surface area contributed by atoms with E-state index in [4.69, 9.17) is 15.2 Å². The molecule has 14 nitrogen and oxygen atoms in total. The molecule has 16 heteroatoms. The van der Waals surface area contributed by atoms with E-state index in [1.165, 1.54) is 31.3 Å². The Balaban J connectivity index is 0.000000225. The molecule has 6 rings (SSSR count). The quantitative estimate of drug-likeness (QED) is 0.0923. The molecule has 4 aromatic rings. The lowest BCUT2D eigenvalue weighted by Gasteiger charge is -2.38. The van der Waals surface area contributed by atoms with E-state index in [1.807, 2.05) is 47.2 Å². The smallest absolute Gasteiger partial charge is 0.411 e. The molecule has 2 fully saturated rings. The summed E-state index contributed by atoms with van der Waals surface area (Å²) < 4.78 is 10.4. The Hall–Kier alpha value is -5.48. The maximum absolute atomic E-state index is 12.0. The summed E-state index contributed by atoms with van der Waals surface area (Å²) in [5, 5.41) is 20.2. The lowest BCUT2D eigenvalue weighted by Crippen LogP contribution is -2.51. The number of thiophene rings is 2. The monoisotopic (exact) mass is 736 g/mol. The van der Waals surface area contributed by atoms with Gasteiger partial charge < -0.3 is 25.0 Å². The fourth-order valence-corrected chi connectivity index (χ4v) is 6.64. The van der Waals surface area contributed by atoms with Crippen LogP contribution in [0.15, 0.2) is 71.4 Å². The number of likely N-dealkylation sites (tertiary alicyclic amines) is 2. The Morgan fingerprint density at radius 2 is 1.24 bits per heavy atom. The number of benzene rings is 2. The normalized spacial score (nSPS) is 13.7. The highest BCUT2D eigenvalue weighted by Gasteiger charge is 2.30. The summed E-state index contributed by atoms with van der Waals surface area (Å²) in [7, 11) is 0. The van der Waals surface area contributed by atoms with E-state index >= 15 is 0 Å². The third kappa shape index (κ3) is 10.3. The molecule has 0 atom stereocenters. The standard InChI is InChI=1S/C17H17N3O5S.C17H19N3O3S.CH4/c1-11(21)19-8-12(9-19)10-25-17(22)18-14-7-13(16-3-2-6-26-16)4-5-15(14)20(23)24;1-11(21)20-8-12(9-20)10-23-17(22)19-15-7-13(4-5-14(15)18)16-3-2-6-24-16;/h2-7,12H,8-10H2,1H3,(H,18,22);2-7,12H,8-10,18H2,1H3,(H,19,22);1H4. The summed E-state index contributed by atoms with van der Waals surface area (Å²) in [4.78, 5) is 62.3. The number of nitrogens with zero attached hydrogens (tertiary/aromatic N) is 3. The van der Waals surface area contributed by atoms with Crippen molar-refractivity contribution in [3.05, 3.63) is 81.5 Å². The molecule has 51 heavy (non-hydrogen) atoms. The van der Waals surface area contributed by atoms with E-state index in [1.54, 1.807) is 39.3 Å². The fraction of sp³-hybridized carbons (Fsp3) is 0.314.